The summed E-state index contributed by atoms with van der Waals surface area (Å²) in [6, 6.07) is 7.86. The van der Waals surface area contributed by atoms with Crippen LogP contribution in [0.1, 0.15) is 19.8 Å². The summed E-state index contributed by atoms with van der Waals surface area (Å²) in [5.41, 5.74) is 0. The molecule has 0 aromatic heterocycles. The number of benzene rings is 1. The average molecular weight is 255 g/mol. The molecule has 0 aliphatic heterocycles. The summed E-state index contributed by atoms with van der Waals surface area (Å²) in [5, 5.41) is 0. The Labute approximate surface area is 93.9 Å². The lowest BCUT2D eigenvalue weighted by Crippen LogP contribution is -2.12. The van der Waals surface area contributed by atoms with Crippen LogP contribution in [0.3, 0.4) is 0 Å². The molecule has 0 radical (unpaired) electrons. The summed E-state index contributed by atoms with van der Waals surface area (Å²) in [6.07, 6.45) is 4.10. The highest BCUT2D eigenvalue weighted by Gasteiger charge is 2.03. The molecule has 76 valence electrons. The number of hydrogen-bond acceptors (Lipinski definition) is 1. The summed E-state index contributed by atoms with van der Waals surface area (Å²) in [4.78, 5) is 0. The van der Waals surface area contributed by atoms with Crippen LogP contribution in [0, 0.1) is 0 Å². The lowest BCUT2D eigenvalue weighted by Gasteiger charge is -2.14. The van der Waals surface area contributed by atoms with Gasteiger partial charge in [-0.3, -0.25) is 0 Å². The number of hydrogen-bond donors (Lipinski definition) is 0. The van der Waals surface area contributed by atoms with Crippen LogP contribution in [0.4, 0.5) is 0 Å². The Bertz CT molecular complexity index is 279. The Hall–Kier alpha value is -0.760. The van der Waals surface area contributed by atoms with Crippen molar-refractivity contribution in [3.63, 3.8) is 0 Å². The molecule has 14 heavy (non-hydrogen) atoms. The third-order valence-corrected chi connectivity index (χ3v) is 2.47. The van der Waals surface area contributed by atoms with E-state index in [-0.39, 0.29) is 6.10 Å². The Morgan fingerprint density at radius 2 is 2.07 bits per heavy atom. The van der Waals surface area contributed by atoms with E-state index in [0.29, 0.717) is 0 Å². The Morgan fingerprint density at radius 1 is 1.43 bits per heavy atom. The fourth-order valence-corrected chi connectivity index (χ4v) is 1.46. The molecule has 0 N–H and O–H groups in total. The van der Waals surface area contributed by atoms with E-state index in [1.807, 2.05) is 30.3 Å². The molecular formula is C12H15BrO. The molecule has 0 fully saturated rings. The van der Waals surface area contributed by atoms with Crippen molar-refractivity contribution in [1.82, 2.24) is 0 Å². The van der Waals surface area contributed by atoms with Gasteiger partial charge in [0.15, 0.2) is 0 Å². The molecule has 1 atom stereocenters. The van der Waals surface area contributed by atoms with Crippen LogP contribution in [0.5, 0.6) is 5.75 Å². The van der Waals surface area contributed by atoms with Crippen LogP contribution >= 0.6 is 15.9 Å². The molecule has 0 spiro atoms. The minimum atomic E-state index is 0.126. The minimum Gasteiger partial charge on any atom is -0.486 e. The van der Waals surface area contributed by atoms with E-state index < -0.39 is 0 Å². The highest BCUT2D eigenvalue weighted by atomic mass is 79.9. The molecule has 0 heterocycles. The predicted molar refractivity (Wildman–Crippen MR) is 63.7 cm³/mol. The largest absolute Gasteiger partial charge is 0.486 e. The van der Waals surface area contributed by atoms with Crippen molar-refractivity contribution in [3.05, 3.63) is 41.4 Å². The van der Waals surface area contributed by atoms with Gasteiger partial charge in [-0.1, -0.05) is 41.9 Å². The molecule has 0 saturated carbocycles. The first-order chi connectivity index (χ1) is 6.76. The maximum Gasteiger partial charge on any atom is 0.120 e. The van der Waals surface area contributed by atoms with E-state index in [0.717, 1.165) is 23.1 Å². The van der Waals surface area contributed by atoms with E-state index >= 15 is 0 Å². The number of rotatable bonds is 5. The van der Waals surface area contributed by atoms with E-state index in [2.05, 4.69) is 29.4 Å². The van der Waals surface area contributed by atoms with Gasteiger partial charge in [-0.2, -0.15) is 0 Å². The van der Waals surface area contributed by atoms with Crippen LogP contribution < -0.4 is 4.74 Å². The normalized spacial score (nSPS) is 12.1. The van der Waals surface area contributed by atoms with Crippen LogP contribution in [-0.4, -0.2) is 6.10 Å². The van der Waals surface area contributed by atoms with Crippen LogP contribution in [-0.2, 0) is 0 Å². The second-order valence-corrected chi connectivity index (χ2v) is 4.05. The van der Waals surface area contributed by atoms with Gasteiger partial charge in [0.05, 0.1) is 0 Å². The smallest absolute Gasteiger partial charge is 0.120 e. The van der Waals surface area contributed by atoms with Crippen molar-refractivity contribution in [3.8, 4) is 5.75 Å². The summed E-state index contributed by atoms with van der Waals surface area (Å²) in [5.74, 6) is 0.895. The zero-order chi connectivity index (χ0) is 10.4. The quantitative estimate of drug-likeness (QED) is 0.717. The van der Waals surface area contributed by atoms with Gasteiger partial charge in [-0.25, -0.2) is 0 Å². The topological polar surface area (TPSA) is 9.23 Å². The summed E-state index contributed by atoms with van der Waals surface area (Å²) < 4.78 is 6.79. The zero-order valence-corrected chi connectivity index (χ0v) is 9.96. The highest BCUT2D eigenvalue weighted by Crippen LogP contribution is 2.18. The van der Waals surface area contributed by atoms with Crippen LogP contribution in [0.2, 0.25) is 0 Å². The number of ether oxygens (including phenoxy) is 1. The maximum absolute atomic E-state index is 5.72. The van der Waals surface area contributed by atoms with Gasteiger partial charge in [0, 0.05) is 4.47 Å². The average Bonchev–Trinajstić information content (AvgIpc) is 2.20. The zero-order valence-electron chi connectivity index (χ0n) is 8.37. The third kappa shape index (κ3) is 3.54. The van der Waals surface area contributed by atoms with Crippen molar-refractivity contribution < 1.29 is 4.74 Å². The summed E-state index contributed by atoms with van der Waals surface area (Å²) >= 11 is 3.38. The molecule has 1 unspecified atom stereocenters. The monoisotopic (exact) mass is 254 g/mol. The molecule has 0 saturated heterocycles. The molecule has 0 aliphatic rings. The maximum atomic E-state index is 5.72. The van der Waals surface area contributed by atoms with E-state index in [4.69, 9.17) is 4.74 Å². The predicted octanol–water partition coefficient (Wildman–Crippen LogP) is 4.18. The molecule has 0 amide bonds. The molecule has 0 bridgehead atoms. The first kappa shape index (κ1) is 11.3. The standard InChI is InChI=1S/C12H15BrO/c1-3-5-11(4-2)14-12-8-6-10(13)7-9-12/h4,6-9,11H,2-3,5H2,1H3. The van der Waals surface area contributed by atoms with Gasteiger partial charge in [-0.15, -0.1) is 0 Å². The highest BCUT2D eigenvalue weighted by molar-refractivity contribution is 9.10. The summed E-state index contributed by atoms with van der Waals surface area (Å²) in [7, 11) is 0. The Balaban J connectivity index is 2.57. The van der Waals surface area contributed by atoms with E-state index in [1.165, 1.54) is 0 Å². The lowest BCUT2D eigenvalue weighted by molar-refractivity contribution is 0.237. The van der Waals surface area contributed by atoms with Gasteiger partial charge >= 0.3 is 0 Å². The fourth-order valence-electron chi connectivity index (χ4n) is 1.20. The molecule has 0 aliphatic carbocycles. The van der Waals surface area contributed by atoms with Gasteiger partial charge in [0.2, 0.25) is 0 Å². The van der Waals surface area contributed by atoms with Crippen LogP contribution in [0.15, 0.2) is 41.4 Å². The van der Waals surface area contributed by atoms with Gasteiger partial charge < -0.3 is 4.74 Å². The Morgan fingerprint density at radius 3 is 2.57 bits per heavy atom. The lowest BCUT2D eigenvalue weighted by atomic mass is 10.2. The second kappa shape index (κ2) is 5.86. The molecular weight excluding hydrogens is 240 g/mol. The molecule has 1 rings (SSSR count). The van der Waals surface area contributed by atoms with E-state index in [9.17, 15) is 0 Å². The number of halogens is 1. The molecule has 1 nitrogen and oxygen atoms in total. The van der Waals surface area contributed by atoms with Gasteiger partial charge in [0.25, 0.3) is 0 Å². The minimum absolute atomic E-state index is 0.126. The fraction of sp³-hybridized carbons (Fsp3) is 0.333. The third-order valence-electron chi connectivity index (χ3n) is 1.94. The van der Waals surface area contributed by atoms with Crippen molar-refractivity contribution in [2.45, 2.75) is 25.9 Å². The first-order valence-electron chi connectivity index (χ1n) is 4.81. The van der Waals surface area contributed by atoms with E-state index in [1.54, 1.807) is 0 Å². The van der Waals surface area contributed by atoms with Gasteiger partial charge in [-0.05, 0) is 30.7 Å². The van der Waals surface area contributed by atoms with Crippen molar-refractivity contribution in [2.75, 3.05) is 0 Å². The molecule has 2 heteroatoms. The van der Waals surface area contributed by atoms with Crippen LogP contribution in [0.25, 0.3) is 0 Å². The van der Waals surface area contributed by atoms with Gasteiger partial charge in [0.1, 0.15) is 11.9 Å². The Kier molecular flexibility index (Phi) is 4.74. The SMILES string of the molecule is C=CC(CCC)Oc1ccc(Br)cc1. The van der Waals surface area contributed by atoms with Crippen molar-refractivity contribution in [1.29, 1.82) is 0 Å². The molecule has 1 aromatic carbocycles. The molecule has 1 aromatic rings. The first-order valence-corrected chi connectivity index (χ1v) is 5.60. The van der Waals surface area contributed by atoms with Crippen molar-refractivity contribution in [2.24, 2.45) is 0 Å². The second-order valence-electron chi connectivity index (χ2n) is 3.13. The summed E-state index contributed by atoms with van der Waals surface area (Å²) in [6.45, 7) is 5.90. The van der Waals surface area contributed by atoms with Crippen molar-refractivity contribution >= 4 is 15.9 Å².